The molecule has 1 nitrogen and oxygen atoms in total. The van der Waals surface area contributed by atoms with Crippen molar-refractivity contribution in [1.29, 1.82) is 0 Å². The predicted molar refractivity (Wildman–Crippen MR) is 127 cm³/mol. The van der Waals surface area contributed by atoms with Gasteiger partial charge in [0.05, 0.1) is 5.52 Å². The van der Waals surface area contributed by atoms with E-state index in [4.69, 9.17) is 0 Å². The van der Waals surface area contributed by atoms with E-state index in [2.05, 4.69) is 116 Å². The van der Waals surface area contributed by atoms with E-state index in [9.17, 15) is 0 Å². The van der Waals surface area contributed by atoms with Crippen molar-refractivity contribution < 1.29 is 0 Å². The average molecular weight is 388 g/mol. The van der Waals surface area contributed by atoms with Crippen LogP contribution in [0.5, 0.6) is 0 Å². The molecule has 0 saturated carbocycles. The van der Waals surface area contributed by atoms with E-state index in [1.807, 2.05) is 0 Å². The van der Waals surface area contributed by atoms with Gasteiger partial charge in [0.15, 0.2) is 0 Å². The Hall–Kier alpha value is -3.32. The summed E-state index contributed by atoms with van der Waals surface area (Å²) in [5.41, 5.74) is 9.62. The van der Waals surface area contributed by atoms with Gasteiger partial charge in [-0.1, -0.05) is 84.9 Å². The van der Waals surface area contributed by atoms with Gasteiger partial charge in [0.1, 0.15) is 0 Å². The molecule has 1 aliphatic carbocycles. The van der Waals surface area contributed by atoms with E-state index in [0.29, 0.717) is 0 Å². The van der Waals surface area contributed by atoms with E-state index >= 15 is 0 Å². The molecule has 0 bridgehead atoms. The smallest absolute Gasteiger partial charge is 0.0538 e. The molecule has 0 fully saturated rings. The van der Waals surface area contributed by atoms with Gasteiger partial charge in [0.2, 0.25) is 0 Å². The van der Waals surface area contributed by atoms with Crippen LogP contribution in [0.3, 0.4) is 0 Å². The molecule has 1 aromatic heterocycles. The Morgan fingerprint density at radius 1 is 0.567 bits per heavy atom. The molecular formula is C29H25N. The number of para-hydroxylation sites is 2. The molecule has 146 valence electrons. The third-order valence-corrected chi connectivity index (χ3v) is 6.54. The molecule has 30 heavy (non-hydrogen) atoms. The summed E-state index contributed by atoms with van der Waals surface area (Å²) in [6, 6.07) is 33.5. The first-order valence-electron chi connectivity index (χ1n) is 10.8. The van der Waals surface area contributed by atoms with Crippen LogP contribution in [0.1, 0.15) is 43.4 Å². The average Bonchev–Trinajstić information content (AvgIpc) is 3.27. The maximum absolute atomic E-state index is 2.55. The summed E-state index contributed by atoms with van der Waals surface area (Å²) in [5.74, 6) is 0.256. The lowest BCUT2D eigenvalue weighted by molar-refractivity contribution is 0.422. The molecule has 4 aromatic carbocycles. The van der Waals surface area contributed by atoms with Gasteiger partial charge in [-0.25, -0.2) is 0 Å². The van der Waals surface area contributed by atoms with Crippen LogP contribution in [0.25, 0.3) is 32.9 Å². The van der Waals surface area contributed by atoms with Gasteiger partial charge >= 0.3 is 0 Å². The summed E-state index contributed by atoms with van der Waals surface area (Å²) in [6.07, 6.45) is 0. The minimum Gasteiger partial charge on any atom is -0.335 e. The molecule has 0 aliphatic heterocycles. The van der Waals surface area contributed by atoms with Crippen LogP contribution >= 0.6 is 0 Å². The molecule has 1 aliphatic rings. The van der Waals surface area contributed by atoms with Crippen molar-refractivity contribution in [2.45, 2.75) is 32.2 Å². The Morgan fingerprint density at radius 3 is 1.77 bits per heavy atom. The molecule has 0 spiro atoms. The molecule has 0 unspecified atom stereocenters. The zero-order valence-electron chi connectivity index (χ0n) is 17.7. The van der Waals surface area contributed by atoms with E-state index in [1.165, 1.54) is 49.6 Å². The SMILES string of the molecule is CC(C)(C)n1c2ccccc2c2cccc(C3c4ccccc4-c4ccccc43)c21. The largest absolute Gasteiger partial charge is 0.335 e. The van der Waals surface area contributed by atoms with Crippen molar-refractivity contribution in [1.82, 2.24) is 4.57 Å². The van der Waals surface area contributed by atoms with Crippen molar-refractivity contribution in [3.05, 3.63) is 108 Å². The fraction of sp³-hybridized carbons (Fsp3) is 0.172. The second-order valence-corrected chi connectivity index (χ2v) is 9.37. The highest BCUT2D eigenvalue weighted by Crippen LogP contribution is 2.50. The molecule has 1 heteroatoms. The molecule has 0 radical (unpaired) electrons. The number of rotatable bonds is 1. The summed E-state index contributed by atoms with van der Waals surface area (Å²) in [5, 5.41) is 2.68. The molecule has 1 heterocycles. The summed E-state index contributed by atoms with van der Waals surface area (Å²) in [4.78, 5) is 0. The fourth-order valence-corrected chi connectivity index (χ4v) is 5.47. The Kier molecular flexibility index (Phi) is 3.56. The first-order valence-corrected chi connectivity index (χ1v) is 10.8. The lowest BCUT2D eigenvalue weighted by Crippen LogP contribution is -2.22. The summed E-state index contributed by atoms with van der Waals surface area (Å²) in [7, 11) is 0. The predicted octanol–water partition coefficient (Wildman–Crippen LogP) is 7.71. The molecule has 0 amide bonds. The van der Waals surface area contributed by atoms with Gasteiger partial charge < -0.3 is 4.57 Å². The molecular weight excluding hydrogens is 362 g/mol. The van der Waals surface area contributed by atoms with Crippen LogP contribution in [0, 0.1) is 0 Å². The number of hydrogen-bond acceptors (Lipinski definition) is 0. The number of hydrogen-bond donors (Lipinski definition) is 0. The first kappa shape index (κ1) is 17.5. The Labute approximate surface area is 177 Å². The summed E-state index contributed by atoms with van der Waals surface area (Å²) >= 11 is 0. The highest BCUT2D eigenvalue weighted by atomic mass is 15.0. The van der Waals surface area contributed by atoms with Crippen LogP contribution in [-0.2, 0) is 5.54 Å². The zero-order valence-corrected chi connectivity index (χ0v) is 17.7. The minimum atomic E-state index is -0.0188. The molecule has 6 rings (SSSR count). The van der Waals surface area contributed by atoms with E-state index in [0.717, 1.165) is 0 Å². The molecule has 0 N–H and O–H groups in total. The maximum Gasteiger partial charge on any atom is 0.0538 e. The lowest BCUT2D eigenvalue weighted by Gasteiger charge is -2.27. The number of benzene rings is 4. The fourth-order valence-electron chi connectivity index (χ4n) is 5.47. The summed E-state index contributed by atoms with van der Waals surface area (Å²) in [6.45, 7) is 6.94. The lowest BCUT2D eigenvalue weighted by atomic mass is 9.87. The molecule has 0 atom stereocenters. The first-order chi connectivity index (χ1) is 14.6. The molecule has 0 saturated heterocycles. The minimum absolute atomic E-state index is 0.0188. The monoisotopic (exact) mass is 387 g/mol. The van der Waals surface area contributed by atoms with E-state index in [-0.39, 0.29) is 11.5 Å². The Morgan fingerprint density at radius 2 is 1.10 bits per heavy atom. The number of fused-ring (bicyclic) bond motifs is 6. The van der Waals surface area contributed by atoms with Crippen LogP contribution in [-0.4, -0.2) is 4.57 Å². The summed E-state index contributed by atoms with van der Waals surface area (Å²) < 4.78 is 2.55. The van der Waals surface area contributed by atoms with E-state index in [1.54, 1.807) is 0 Å². The van der Waals surface area contributed by atoms with Gasteiger partial charge in [-0.05, 0) is 54.7 Å². The van der Waals surface area contributed by atoms with Gasteiger partial charge in [0.25, 0.3) is 0 Å². The third kappa shape index (κ3) is 2.29. The van der Waals surface area contributed by atoms with Crippen molar-refractivity contribution in [2.24, 2.45) is 0 Å². The van der Waals surface area contributed by atoms with Crippen molar-refractivity contribution in [3.8, 4) is 11.1 Å². The Balaban J connectivity index is 1.77. The van der Waals surface area contributed by atoms with Crippen molar-refractivity contribution in [2.75, 3.05) is 0 Å². The number of nitrogens with zero attached hydrogens (tertiary/aromatic N) is 1. The van der Waals surface area contributed by atoms with Crippen molar-refractivity contribution >= 4 is 21.8 Å². The zero-order chi connectivity index (χ0) is 20.5. The third-order valence-electron chi connectivity index (χ3n) is 6.54. The van der Waals surface area contributed by atoms with Crippen molar-refractivity contribution in [3.63, 3.8) is 0 Å². The second kappa shape index (κ2) is 6.09. The number of aromatic nitrogens is 1. The van der Waals surface area contributed by atoms with Gasteiger partial charge in [-0.15, -0.1) is 0 Å². The van der Waals surface area contributed by atoms with Gasteiger partial charge in [-0.3, -0.25) is 0 Å². The quantitative estimate of drug-likeness (QED) is 0.272. The van der Waals surface area contributed by atoms with Crippen LogP contribution < -0.4 is 0 Å². The standard InChI is InChI=1S/C29H25N/c1-29(2,3)30-26-18-9-8-13-21(26)24-16-10-17-25(28(24)30)27-22-14-6-4-11-19(22)20-12-5-7-15-23(20)27/h4-18,27H,1-3H3. The van der Waals surface area contributed by atoms with Gasteiger partial charge in [-0.2, -0.15) is 0 Å². The van der Waals surface area contributed by atoms with Crippen LogP contribution in [0.2, 0.25) is 0 Å². The van der Waals surface area contributed by atoms with E-state index < -0.39 is 0 Å². The molecule has 5 aromatic rings. The maximum atomic E-state index is 2.55. The highest BCUT2D eigenvalue weighted by Gasteiger charge is 2.32. The second-order valence-electron chi connectivity index (χ2n) is 9.37. The van der Waals surface area contributed by atoms with Crippen LogP contribution in [0.15, 0.2) is 91.0 Å². The van der Waals surface area contributed by atoms with Gasteiger partial charge in [0, 0.05) is 27.7 Å². The Bertz CT molecular complexity index is 1380. The highest BCUT2D eigenvalue weighted by molar-refractivity contribution is 6.10. The topological polar surface area (TPSA) is 4.93 Å². The normalized spacial score (nSPS) is 13.7. The van der Waals surface area contributed by atoms with Crippen LogP contribution in [0.4, 0.5) is 0 Å².